The maximum Gasteiger partial charge on any atom is 0.323 e. The van der Waals surface area contributed by atoms with Crippen LogP contribution in [0.3, 0.4) is 0 Å². The summed E-state index contributed by atoms with van der Waals surface area (Å²) in [4.78, 5) is 12.8. The number of carbonyl (C=O) groups is 1. The summed E-state index contributed by atoms with van der Waals surface area (Å²) in [5.41, 5.74) is 0. The molecule has 1 heterocycles. The first kappa shape index (κ1) is 11.0. The quantitative estimate of drug-likeness (QED) is 0.656. The molecule has 1 fully saturated rings. The fourth-order valence-corrected chi connectivity index (χ4v) is 1.46. The molecule has 4 heteroatoms. The van der Waals surface area contributed by atoms with Crippen molar-refractivity contribution < 1.29 is 14.6 Å². The van der Waals surface area contributed by atoms with Crippen LogP contribution in [0.25, 0.3) is 0 Å². The minimum absolute atomic E-state index is 0.287. The summed E-state index contributed by atoms with van der Waals surface area (Å²) in [6.45, 7) is 4.08. The molecular weight excluding hydrogens is 182 g/mol. The Bertz CT molecular complexity index is 254. The van der Waals surface area contributed by atoms with E-state index in [9.17, 15) is 4.79 Å². The fraction of sp³-hybridized carbons (Fsp3) is 0.700. The number of carboxylic acids is 1. The van der Waals surface area contributed by atoms with Crippen LogP contribution in [0.15, 0.2) is 0 Å². The van der Waals surface area contributed by atoms with Gasteiger partial charge in [0, 0.05) is 19.5 Å². The lowest BCUT2D eigenvalue weighted by Crippen LogP contribution is -2.50. The highest BCUT2D eigenvalue weighted by Crippen LogP contribution is 2.07. The molecule has 1 atom stereocenters. The lowest BCUT2D eigenvalue weighted by molar-refractivity contribution is -0.149. The van der Waals surface area contributed by atoms with Gasteiger partial charge in [-0.3, -0.25) is 9.69 Å². The van der Waals surface area contributed by atoms with Crippen LogP contribution in [0.2, 0.25) is 0 Å². The van der Waals surface area contributed by atoms with Gasteiger partial charge in [-0.2, -0.15) is 0 Å². The molecule has 4 nitrogen and oxygen atoms in total. The van der Waals surface area contributed by atoms with Crippen LogP contribution < -0.4 is 0 Å². The van der Waals surface area contributed by atoms with Crippen LogP contribution in [0.5, 0.6) is 0 Å². The summed E-state index contributed by atoms with van der Waals surface area (Å²) in [6.07, 6.45) is 0.722. The molecule has 1 rings (SSSR count). The SMILES string of the molecule is CC#CCCN1CCOCC1C(=O)O. The molecule has 14 heavy (non-hydrogen) atoms. The molecule has 1 aliphatic rings. The molecule has 0 spiro atoms. The van der Waals surface area contributed by atoms with E-state index in [2.05, 4.69) is 11.8 Å². The van der Waals surface area contributed by atoms with Crippen LogP contribution in [-0.4, -0.2) is 48.3 Å². The Hall–Kier alpha value is -1.05. The molecule has 0 amide bonds. The van der Waals surface area contributed by atoms with Gasteiger partial charge >= 0.3 is 5.97 Å². The van der Waals surface area contributed by atoms with Crippen molar-refractivity contribution in [3.63, 3.8) is 0 Å². The molecule has 0 bridgehead atoms. The van der Waals surface area contributed by atoms with E-state index in [1.165, 1.54) is 0 Å². The fourth-order valence-electron chi connectivity index (χ4n) is 1.46. The van der Waals surface area contributed by atoms with E-state index in [1.807, 2.05) is 4.90 Å². The smallest absolute Gasteiger partial charge is 0.323 e. The number of aliphatic carboxylic acids is 1. The van der Waals surface area contributed by atoms with E-state index in [-0.39, 0.29) is 6.61 Å². The van der Waals surface area contributed by atoms with Crippen molar-refractivity contribution in [1.29, 1.82) is 0 Å². The molecule has 0 aliphatic carbocycles. The second-order valence-electron chi connectivity index (χ2n) is 3.14. The van der Waals surface area contributed by atoms with Crippen molar-refractivity contribution in [2.75, 3.05) is 26.3 Å². The van der Waals surface area contributed by atoms with Gasteiger partial charge in [0.25, 0.3) is 0 Å². The predicted octanol–water partition coefficient (Wildman–Crippen LogP) is 0.185. The molecule has 78 valence electrons. The number of hydrogen-bond acceptors (Lipinski definition) is 3. The first-order valence-corrected chi connectivity index (χ1v) is 4.70. The predicted molar refractivity (Wildman–Crippen MR) is 51.9 cm³/mol. The van der Waals surface area contributed by atoms with Gasteiger partial charge in [-0.05, 0) is 6.92 Å². The number of morpholine rings is 1. The van der Waals surface area contributed by atoms with Crippen molar-refractivity contribution in [1.82, 2.24) is 4.90 Å². The first-order valence-electron chi connectivity index (χ1n) is 4.70. The molecule has 0 aromatic carbocycles. The van der Waals surface area contributed by atoms with Crippen molar-refractivity contribution in [3.05, 3.63) is 0 Å². The molecule has 0 radical (unpaired) electrons. The Kier molecular flexibility index (Phi) is 4.44. The van der Waals surface area contributed by atoms with Crippen LogP contribution >= 0.6 is 0 Å². The standard InChI is InChI=1S/C10H15NO3/c1-2-3-4-5-11-6-7-14-8-9(11)10(12)13/h9H,4-8H2,1H3,(H,12,13). The van der Waals surface area contributed by atoms with Gasteiger partial charge in [-0.1, -0.05) is 0 Å². The zero-order valence-corrected chi connectivity index (χ0v) is 8.32. The normalized spacial score (nSPS) is 22.5. The van der Waals surface area contributed by atoms with Gasteiger partial charge in [-0.15, -0.1) is 11.8 Å². The summed E-state index contributed by atoms with van der Waals surface area (Å²) in [5.74, 6) is 4.91. The monoisotopic (exact) mass is 197 g/mol. The Morgan fingerprint density at radius 3 is 3.14 bits per heavy atom. The van der Waals surface area contributed by atoms with Crippen LogP contribution in [0.4, 0.5) is 0 Å². The largest absolute Gasteiger partial charge is 0.480 e. The van der Waals surface area contributed by atoms with Crippen molar-refractivity contribution in [3.8, 4) is 11.8 Å². The van der Waals surface area contributed by atoms with E-state index < -0.39 is 12.0 Å². The van der Waals surface area contributed by atoms with Gasteiger partial charge in [0.1, 0.15) is 6.04 Å². The molecular formula is C10H15NO3. The molecule has 1 N–H and O–H groups in total. The zero-order chi connectivity index (χ0) is 10.4. The van der Waals surface area contributed by atoms with Crippen LogP contribution in [0.1, 0.15) is 13.3 Å². The second kappa shape index (κ2) is 5.63. The van der Waals surface area contributed by atoms with Gasteiger partial charge < -0.3 is 9.84 Å². The molecule has 1 unspecified atom stereocenters. The molecule has 0 aromatic rings. The van der Waals surface area contributed by atoms with Crippen molar-refractivity contribution in [2.24, 2.45) is 0 Å². The van der Waals surface area contributed by atoms with Crippen LogP contribution in [-0.2, 0) is 9.53 Å². The molecule has 1 saturated heterocycles. The topological polar surface area (TPSA) is 49.8 Å². The summed E-state index contributed by atoms with van der Waals surface area (Å²) in [5, 5.41) is 8.91. The molecule has 0 saturated carbocycles. The Morgan fingerprint density at radius 1 is 1.71 bits per heavy atom. The van der Waals surface area contributed by atoms with Crippen molar-refractivity contribution >= 4 is 5.97 Å². The molecule has 0 aromatic heterocycles. The Balaban J connectivity index is 2.44. The third-order valence-corrected chi connectivity index (χ3v) is 2.23. The van der Waals surface area contributed by atoms with Gasteiger partial charge in [0.15, 0.2) is 0 Å². The Labute approximate surface area is 83.8 Å². The maximum atomic E-state index is 10.8. The summed E-state index contributed by atoms with van der Waals surface area (Å²) in [7, 11) is 0. The van der Waals surface area contributed by atoms with Crippen LogP contribution in [0, 0.1) is 11.8 Å². The Morgan fingerprint density at radius 2 is 2.50 bits per heavy atom. The number of ether oxygens (including phenoxy) is 1. The third-order valence-electron chi connectivity index (χ3n) is 2.23. The lowest BCUT2D eigenvalue weighted by atomic mass is 10.2. The highest BCUT2D eigenvalue weighted by Gasteiger charge is 2.28. The average Bonchev–Trinajstić information content (AvgIpc) is 2.19. The van der Waals surface area contributed by atoms with E-state index >= 15 is 0 Å². The van der Waals surface area contributed by atoms with Gasteiger partial charge in [-0.25, -0.2) is 0 Å². The highest BCUT2D eigenvalue weighted by atomic mass is 16.5. The summed E-state index contributed by atoms with van der Waals surface area (Å²) < 4.78 is 5.12. The average molecular weight is 197 g/mol. The summed E-state index contributed by atoms with van der Waals surface area (Å²) in [6, 6.07) is -0.498. The first-order chi connectivity index (χ1) is 6.75. The maximum absolute atomic E-state index is 10.8. The third kappa shape index (κ3) is 3.02. The number of nitrogens with zero attached hydrogens (tertiary/aromatic N) is 1. The minimum atomic E-state index is -0.811. The number of carboxylic acid groups (broad SMARTS) is 1. The second-order valence-corrected chi connectivity index (χ2v) is 3.14. The molecule has 1 aliphatic heterocycles. The summed E-state index contributed by atoms with van der Waals surface area (Å²) >= 11 is 0. The highest BCUT2D eigenvalue weighted by molar-refractivity contribution is 5.73. The lowest BCUT2D eigenvalue weighted by Gasteiger charge is -2.32. The van der Waals surface area contributed by atoms with Crippen molar-refractivity contribution in [2.45, 2.75) is 19.4 Å². The van der Waals surface area contributed by atoms with E-state index in [4.69, 9.17) is 9.84 Å². The van der Waals surface area contributed by atoms with E-state index in [0.717, 1.165) is 6.42 Å². The minimum Gasteiger partial charge on any atom is -0.480 e. The van der Waals surface area contributed by atoms with Gasteiger partial charge in [0.05, 0.1) is 13.2 Å². The van der Waals surface area contributed by atoms with E-state index in [1.54, 1.807) is 6.92 Å². The number of rotatable bonds is 3. The van der Waals surface area contributed by atoms with E-state index in [0.29, 0.717) is 19.7 Å². The zero-order valence-electron chi connectivity index (χ0n) is 8.32. The van der Waals surface area contributed by atoms with Gasteiger partial charge in [0.2, 0.25) is 0 Å². The number of hydrogen-bond donors (Lipinski definition) is 1.